The van der Waals surface area contributed by atoms with Crippen LogP contribution in [0.2, 0.25) is 0 Å². The van der Waals surface area contributed by atoms with Crippen LogP contribution in [0.1, 0.15) is 77.6 Å². The van der Waals surface area contributed by atoms with Crippen molar-refractivity contribution in [2.24, 2.45) is 0 Å². The Morgan fingerprint density at radius 3 is 1.83 bits per heavy atom. The first-order valence-corrected chi connectivity index (χ1v) is 9.29. The molecule has 1 fully saturated rings. The van der Waals surface area contributed by atoms with Gasteiger partial charge >= 0.3 is 0 Å². The highest BCUT2D eigenvalue weighted by Crippen LogP contribution is 2.30. The van der Waals surface area contributed by atoms with E-state index in [-0.39, 0.29) is 6.61 Å². The maximum Gasteiger partial charge on any atom is 0.129 e. The Hall–Kier alpha value is -0.200. The molecular formula is C18H35O5. The predicted octanol–water partition coefficient (Wildman–Crippen LogP) is 2.30. The topological polar surface area (TPSA) is 90.2 Å². The van der Waals surface area contributed by atoms with Gasteiger partial charge in [0.05, 0.1) is 6.61 Å². The minimum atomic E-state index is -1.28. The average Bonchev–Trinajstić information content (AvgIpc) is 2.56. The van der Waals surface area contributed by atoms with Crippen LogP contribution in [0.5, 0.6) is 0 Å². The Balaban J connectivity index is 2.06. The minimum absolute atomic E-state index is 0.369. The fourth-order valence-corrected chi connectivity index (χ4v) is 3.07. The van der Waals surface area contributed by atoms with E-state index in [1.54, 1.807) is 0 Å². The van der Waals surface area contributed by atoms with Gasteiger partial charge in [0.2, 0.25) is 0 Å². The Kier molecular flexibility index (Phi) is 11.1. The highest BCUT2D eigenvalue weighted by Gasteiger charge is 2.43. The number of aliphatic hydroxyl groups is 4. The van der Waals surface area contributed by atoms with Crippen molar-refractivity contribution in [1.29, 1.82) is 0 Å². The number of hydrogen-bond acceptors (Lipinski definition) is 5. The highest BCUT2D eigenvalue weighted by molar-refractivity contribution is 5.01. The number of unbranched alkanes of at least 4 members (excludes halogenated alkanes) is 9. The molecule has 1 heterocycles. The molecule has 0 spiro atoms. The zero-order valence-corrected chi connectivity index (χ0v) is 14.5. The minimum Gasteiger partial charge on any atom is -0.394 e. The third-order valence-corrected chi connectivity index (χ3v) is 4.64. The quantitative estimate of drug-likeness (QED) is 0.412. The first kappa shape index (κ1) is 20.8. The van der Waals surface area contributed by atoms with Gasteiger partial charge < -0.3 is 25.2 Å². The summed E-state index contributed by atoms with van der Waals surface area (Å²) in [6.07, 6.45) is 8.74. The zero-order chi connectivity index (χ0) is 17.1. The molecule has 0 aromatic carbocycles. The molecule has 0 amide bonds. The standard InChI is InChI=1S/C18H35O5/c1-2-3-4-5-6-7-8-9-10-11-12-14-16(20)18(22)17(21)15(13-19)23-14/h15-22H,2-13H2,1H3/t15-,16+,17+,18-/m1/s1. The lowest BCUT2D eigenvalue weighted by molar-refractivity contribution is -0.192. The van der Waals surface area contributed by atoms with Crippen LogP contribution in [0, 0.1) is 6.10 Å². The van der Waals surface area contributed by atoms with E-state index in [4.69, 9.17) is 9.84 Å². The van der Waals surface area contributed by atoms with Gasteiger partial charge in [-0.1, -0.05) is 71.1 Å². The SMILES string of the molecule is CCCCCCCCCCCC[C]1O[C@H](CO)[C@H](O)[C@H](O)[C@H]1O. The Bertz CT molecular complexity index is 285. The molecule has 1 rings (SSSR count). The van der Waals surface area contributed by atoms with Crippen LogP contribution in [0.15, 0.2) is 0 Å². The monoisotopic (exact) mass is 331 g/mol. The summed E-state index contributed by atoms with van der Waals surface area (Å²) in [5.41, 5.74) is 0. The summed E-state index contributed by atoms with van der Waals surface area (Å²) in [6.45, 7) is 1.86. The number of hydrogen-bond donors (Lipinski definition) is 4. The maximum absolute atomic E-state index is 9.91. The van der Waals surface area contributed by atoms with Crippen molar-refractivity contribution in [3.8, 4) is 0 Å². The van der Waals surface area contributed by atoms with Crippen LogP contribution in [0.4, 0.5) is 0 Å². The lowest BCUT2D eigenvalue weighted by atomic mass is 9.92. The van der Waals surface area contributed by atoms with Gasteiger partial charge in [-0.3, -0.25) is 0 Å². The molecule has 0 aliphatic carbocycles. The van der Waals surface area contributed by atoms with E-state index >= 15 is 0 Å². The van der Waals surface area contributed by atoms with Crippen molar-refractivity contribution >= 4 is 0 Å². The summed E-state index contributed by atoms with van der Waals surface area (Å²) in [6, 6.07) is 0. The normalized spacial score (nSPS) is 29.1. The van der Waals surface area contributed by atoms with Crippen molar-refractivity contribution in [3.63, 3.8) is 0 Å². The van der Waals surface area contributed by atoms with Gasteiger partial charge in [-0.25, -0.2) is 0 Å². The van der Waals surface area contributed by atoms with Gasteiger partial charge in [0, 0.05) is 0 Å². The first-order valence-electron chi connectivity index (χ1n) is 9.29. The molecule has 1 aliphatic rings. The molecular weight excluding hydrogens is 296 g/mol. The van der Waals surface area contributed by atoms with E-state index in [0.29, 0.717) is 12.5 Å². The lowest BCUT2D eigenvalue weighted by Gasteiger charge is -2.39. The van der Waals surface area contributed by atoms with Gasteiger partial charge in [-0.15, -0.1) is 0 Å². The summed E-state index contributed by atoms with van der Waals surface area (Å²) in [5.74, 6) is 0. The second kappa shape index (κ2) is 12.2. The molecule has 5 heteroatoms. The van der Waals surface area contributed by atoms with Crippen molar-refractivity contribution in [2.45, 2.75) is 102 Å². The molecule has 0 saturated carbocycles. The van der Waals surface area contributed by atoms with E-state index in [1.165, 1.54) is 51.4 Å². The van der Waals surface area contributed by atoms with Crippen LogP contribution >= 0.6 is 0 Å². The van der Waals surface area contributed by atoms with Crippen LogP contribution in [0.3, 0.4) is 0 Å². The van der Waals surface area contributed by atoms with E-state index in [1.807, 2.05) is 0 Å². The van der Waals surface area contributed by atoms with Crippen LogP contribution in [-0.4, -0.2) is 51.4 Å². The maximum atomic E-state index is 9.91. The molecule has 0 unspecified atom stereocenters. The third-order valence-electron chi connectivity index (χ3n) is 4.64. The predicted molar refractivity (Wildman–Crippen MR) is 89.7 cm³/mol. The summed E-state index contributed by atoms with van der Waals surface area (Å²) in [5, 5.41) is 38.5. The van der Waals surface area contributed by atoms with Crippen molar-refractivity contribution in [1.82, 2.24) is 0 Å². The first-order chi connectivity index (χ1) is 11.1. The molecule has 4 atom stereocenters. The third kappa shape index (κ3) is 7.48. The van der Waals surface area contributed by atoms with Crippen LogP contribution < -0.4 is 0 Å². The van der Waals surface area contributed by atoms with Gasteiger partial charge in [0.15, 0.2) is 0 Å². The molecule has 4 N–H and O–H groups in total. The second-order valence-corrected chi connectivity index (χ2v) is 6.66. The summed E-state index contributed by atoms with van der Waals surface area (Å²) >= 11 is 0. The Morgan fingerprint density at radius 1 is 0.783 bits per heavy atom. The largest absolute Gasteiger partial charge is 0.394 e. The van der Waals surface area contributed by atoms with Gasteiger partial charge in [0.1, 0.15) is 30.5 Å². The average molecular weight is 331 g/mol. The number of rotatable bonds is 12. The summed E-state index contributed by atoms with van der Waals surface area (Å²) < 4.78 is 5.42. The van der Waals surface area contributed by atoms with E-state index in [2.05, 4.69) is 6.92 Å². The number of ether oxygens (including phenoxy) is 1. The molecule has 0 bridgehead atoms. The summed E-state index contributed by atoms with van der Waals surface area (Å²) in [7, 11) is 0. The van der Waals surface area contributed by atoms with Gasteiger partial charge in [0.25, 0.3) is 0 Å². The zero-order valence-electron chi connectivity index (χ0n) is 14.5. The Morgan fingerprint density at radius 2 is 1.30 bits per heavy atom. The highest BCUT2D eigenvalue weighted by atomic mass is 16.5. The van der Waals surface area contributed by atoms with Gasteiger partial charge in [-0.2, -0.15) is 0 Å². The molecule has 5 nitrogen and oxygen atoms in total. The van der Waals surface area contributed by atoms with Crippen LogP contribution in [0.25, 0.3) is 0 Å². The fraction of sp³-hybridized carbons (Fsp3) is 0.944. The van der Waals surface area contributed by atoms with Crippen molar-refractivity contribution < 1.29 is 25.2 Å². The lowest BCUT2D eigenvalue weighted by Crippen LogP contribution is -2.55. The van der Waals surface area contributed by atoms with Gasteiger partial charge in [-0.05, 0) is 6.42 Å². The smallest absolute Gasteiger partial charge is 0.129 e. The Labute approximate surface area is 140 Å². The van der Waals surface area contributed by atoms with E-state index in [0.717, 1.165) is 12.8 Å². The van der Waals surface area contributed by atoms with Crippen molar-refractivity contribution in [2.75, 3.05) is 6.61 Å². The molecule has 0 aromatic rings. The second-order valence-electron chi connectivity index (χ2n) is 6.66. The van der Waals surface area contributed by atoms with Crippen LogP contribution in [-0.2, 0) is 4.74 Å². The molecule has 137 valence electrons. The molecule has 1 saturated heterocycles. The number of aliphatic hydroxyl groups excluding tert-OH is 4. The summed E-state index contributed by atoms with van der Waals surface area (Å²) in [4.78, 5) is 0. The van der Waals surface area contributed by atoms with E-state index < -0.39 is 24.4 Å². The molecule has 1 radical (unpaired) electrons. The van der Waals surface area contributed by atoms with E-state index in [9.17, 15) is 15.3 Å². The van der Waals surface area contributed by atoms with Crippen molar-refractivity contribution in [3.05, 3.63) is 6.10 Å². The molecule has 23 heavy (non-hydrogen) atoms. The molecule has 1 aliphatic heterocycles. The molecule has 0 aromatic heterocycles. The fourth-order valence-electron chi connectivity index (χ4n) is 3.07.